The minimum atomic E-state index is 0.374. The van der Waals surface area contributed by atoms with Crippen LogP contribution in [0.1, 0.15) is 11.3 Å². The fourth-order valence-corrected chi connectivity index (χ4v) is 1.75. The van der Waals surface area contributed by atoms with E-state index in [0.717, 1.165) is 11.4 Å². The molecule has 1 heterocycles. The summed E-state index contributed by atoms with van der Waals surface area (Å²) in [5.74, 6) is 0. The van der Waals surface area contributed by atoms with E-state index in [2.05, 4.69) is 16.0 Å². The lowest BCUT2D eigenvalue weighted by Gasteiger charge is -2.19. The number of hydrogen-bond donors (Lipinski definition) is 0. The second-order valence-corrected chi connectivity index (χ2v) is 4.20. The number of aromatic nitrogens is 2. The minimum absolute atomic E-state index is 0.374. The van der Waals surface area contributed by atoms with Crippen LogP contribution in [-0.4, -0.2) is 17.0 Å². The molecule has 0 unspecified atom stereocenters. The Balaban J connectivity index is 2.19. The molecule has 0 bridgehead atoms. The van der Waals surface area contributed by atoms with Crippen LogP contribution in [-0.2, 0) is 6.54 Å². The van der Waals surface area contributed by atoms with E-state index in [-0.39, 0.29) is 0 Å². The van der Waals surface area contributed by atoms with Gasteiger partial charge in [0.2, 0.25) is 0 Å². The molecule has 0 aliphatic rings. The van der Waals surface area contributed by atoms with Gasteiger partial charge in [0.15, 0.2) is 0 Å². The molecule has 2 rings (SSSR count). The standard InChI is InChI=1S/C13H11ClN4/c1-18(9-11-7-17-13(14)8-16-11)12-5-3-2-4-10(12)6-15/h2-5,7-8H,9H2,1H3. The number of benzene rings is 1. The zero-order chi connectivity index (χ0) is 13.0. The summed E-state index contributed by atoms with van der Waals surface area (Å²) in [7, 11) is 1.91. The van der Waals surface area contributed by atoms with Crippen molar-refractivity contribution in [3.63, 3.8) is 0 Å². The summed E-state index contributed by atoms with van der Waals surface area (Å²) >= 11 is 5.68. The molecule has 0 fully saturated rings. The molecule has 0 radical (unpaired) electrons. The molecule has 1 aromatic carbocycles. The number of anilines is 1. The van der Waals surface area contributed by atoms with Crippen LogP contribution in [0.4, 0.5) is 5.69 Å². The second kappa shape index (κ2) is 5.48. The largest absolute Gasteiger partial charge is 0.368 e. The molecule has 1 aromatic heterocycles. The highest BCUT2D eigenvalue weighted by molar-refractivity contribution is 6.29. The highest BCUT2D eigenvalue weighted by atomic mass is 35.5. The Morgan fingerprint density at radius 1 is 1.28 bits per heavy atom. The predicted octanol–water partition coefficient (Wildman–Crippen LogP) is 2.64. The van der Waals surface area contributed by atoms with E-state index in [1.807, 2.05) is 30.1 Å². The summed E-state index contributed by atoms with van der Waals surface area (Å²) in [6, 6.07) is 9.62. The lowest BCUT2D eigenvalue weighted by molar-refractivity contribution is 0.872. The van der Waals surface area contributed by atoms with E-state index in [9.17, 15) is 0 Å². The van der Waals surface area contributed by atoms with Gasteiger partial charge in [-0.2, -0.15) is 5.26 Å². The fraction of sp³-hybridized carbons (Fsp3) is 0.154. The van der Waals surface area contributed by atoms with Gasteiger partial charge in [0.1, 0.15) is 11.2 Å². The van der Waals surface area contributed by atoms with Gasteiger partial charge in [0.05, 0.1) is 35.9 Å². The second-order valence-electron chi connectivity index (χ2n) is 3.82. The summed E-state index contributed by atoms with van der Waals surface area (Å²) in [5, 5.41) is 9.42. The fourth-order valence-electron chi connectivity index (χ4n) is 1.65. The molecule has 0 N–H and O–H groups in total. The molecule has 90 valence electrons. The lowest BCUT2D eigenvalue weighted by Crippen LogP contribution is -2.18. The Labute approximate surface area is 110 Å². The van der Waals surface area contributed by atoms with Crippen LogP contribution < -0.4 is 4.90 Å². The molecule has 0 saturated carbocycles. The number of nitriles is 1. The van der Waals surface area contributed by atoms with Crippen LogP contribution in [0.2, 0.25) is 5.15 Å². The van der Waals surface area contributed by atoms with Gasteiger partial charge in [-0.15, -0.1) is 0 Å². The molecule has 0 aliphatic carbocycles. The Kier molecular flexibility index (Phi) is 3.75. The number of nitrogens with zero attached hydrogens (tertiary/aromatic N) is 4. The van der Waals surface area contributed by atoms with Crippen LogP contribution >= 0.6 is 11.6 Å². The maximum atomic E-state index is 9.05. The van der Waals surface area contributed by atoms with Crippen molar-refractivity contribution < 1.29 is 0 Å². The van der Waals surface area contributed by atoms with Crippen molar-refractivity contribution in [2.45, 2.75) is 6.54 Å². The van der Waals surface area contributed by atoms with Crippen LogP contribution in [0.25, 0.3) is 0 Å². The van der Waals surface area contributed by atoms with E-state index in [1.165, 1.54) is 6.20 Å². The molecular weight excluding hydrogens is 248 g/mol. The Hall–Kier alpha value is -2.12. The van der Waals surface area contributed by atoms with Gasteiger partial charge in [0, 0.05) is 7.05 Å². The highest BCUT2D eigenvalue weighted by Gasteiger charge is 2.07. The van der Waals surface area contributed by atoms with Gasteiger partial charge >= 0.3 is 0 Å². The first kappa shape index (κ1) is 12.3. The van der Waals surface area contributed by atoms with Gasteiger partial charge in [-0.1, -0.05) is 23.7 Å². The first-order valence-corrected chi connectivity index (χ1v) is 5.75. The molecular formula is C13H11ClN4. The molecule has 0 aliphatic heterocycles. The molecule has 0 saturated heterocycles. The third-order valence-corrected chi connectivity index (χ3v) is 2.70. The summed E-state index contributed by atoms with van der Waals surface area (Å²) in [6.07, 6.45) is 3.15. The maximum Gasteiger partial charge on any atom is 0.147 e. The average Bonchev–Trinajstić information content (AvgIpc) is 2.41. The Morgan fingerprint density at radius 3 is 2.72 bits per heavy atom. The zero-order valence-corrected chi connectivity index (χ0v) is 10.6. The normalized spacial score (nSPS) is 9.83. The van der Waals surface area contributed by atoms with Crippen LogP contribution in [0.5, 0.6) is 0 Å². The number of halogens is 1. The lowest BCUT2D eigenvalue weighted by atomic mass is 10.2. The van der Waals surface area contributed by atoms with Crippen molar-refractivity contribution in [1.82, 2.24) is 9.97 Å². The molecule has 0 atom stereocenters. The van der Waals surface area contributed by atoms with E-state index in [0.29, 0.717) is 17.3 Å². The predicted molar refractivity (Wildman–Crippen MR) is 70.3 cm³/mol. The summed E-state index contributed by atoms with van der Waals surface area (Å²) < 4.78 is 0. The number of para-hydroxylation sites is 1. The smallest absolute Gasteiger partial charge is 0.147 e. The first-order chi connectivity index (χ1) is 8.70. The minimum Gasteiger partial charge on any atom is -0.368 e. The maximum absolute atomic E-state index is 9.05. The molecule has 5 heteroatoms. The Bertz CT molecular complexity index is 574. The van der Waals surface area contributed by atoms with Crippen molar-refractivity contribution in [2.24, 2.45) is 0 Å². The van der Waals surface area contributed by atoms with Gasteiger partial charge in [-0.25, -0.2) is 4.98 Å². The van der Waals surface area contributed by atoms with Crippen molar-refractivity contribution in [2.75, 3.05) is 11.9 Å². The van der Waals surface area contributed by atoms with Crippen LogP contribution in [0.3, 0.4) is 0 Å². The summed E-state index contributed by atoms with van der Waals surface area (Å²) in [6.45, 7) is 0.572. The average molecular weight is 259 g/mol. The SMILES string of the molecule is CN(Cc1cnc(Cl)cn1)c1ccccc1C#N. The van der Waals surface area contributed by atoms with E-state index in [4.69, 9.17) is 16.9 Å². The molecule has 0 amide bonds. The molecule has 2 aromatic rings. The number of rotatable bonds is 3. The molecule has 18 heavy (non-hydrogen) atoms. The van der Waals surface area contributed by atoms with Gasteiger partial charge in [-0.3, -0.25) is 4.98 Å². The summed E-state index contributed by atoms with van der Waals surface area (Å²) in [5.41, 5.74) is 2.31. The highest BCUT2D eigenvalue weighted by Crippen LogP contribution is 2.19. The van der Waals surface area contributed by atoms with Crippen molar-refractivity contribution >= 4 is 17.3 Å². The van der Waals surface area contributed by atoms with Crippen molar-refractivity contribution in [3.05, 3.63) is 53.1 Å². The van der Waals surface area contributed by atoms with Crippen LogP contribution in [0, 0.1) is 11.3 Å². The Morgan fingerprint density at radius 2 is 2.06 bits per heavy atom. The summed E-state index contributed by atoms with van der Waals surface area (Å²) in [4.78, 5) is 10.1. The van der Waals surface area contributed by atoms with Gasteiger partial charge in [-0.05, 0) is 12.1 Å². The van der Waals surface area contributed by atoms with Gasteiger partial charge < -0.3 is 4.90 Å². The topological polar surface area (TPSA) is 52.8 Å². The van der Waals surface area contributed by atoms with E-state index in [1.54, 1.807) is 12.3 Å². The quantitative estimate of drug-likeness (QED) is 0.849. The monoisotopic (exact) mass is 258 g/mol. The van der Waals surface area contributed by atoms with Crippen molar-refractivity contribution in [1.29, 1.82) is 5.26 Å². The molecule has 4 nitrogen and oxygen atoms in total. The van der Waals surface area contributed by atoms with E-state index >= 15 is 0 Å². The molecule has 0 spiro atoms. The zero-order valence-electron chi connectivity index (χ0n) is 9.84. The third kappa shape index (κ3) is 2.76. The van der Waals surface area contributed by atoms with E-state index < -0.39 is 0 Å². The first-order valence-electron chi connectivity index (χ1n) is 5.37. The third-order valence-electron chi connectivity index (χ3n) is 2.51. The van der Waals surface area contributed by atoms with Crippen LogP contribution in [0.15, 0.2) is 36.7 Å². The van der Waals surface area contributed by atoms with Crippen molar-refractivity contribution in [3.8, 4) is 6.07 Å². The number of hydrogen-bond acceptors (Lipinski definition) is 4. The van der Waals surface area contributed by atoms with Gasteiger partial charge in [0.25, 0.3) is 0 Å².